The van der Waals surface area contributed by atoms with Crippen molar-refractivity contribution < 1.29 is 12.8 Å². The van der Waals surface area contributed by atoms with Gasteiger partial charge in [0.15, 0.2) is 0 Å². The molecule has 0 aromatic heterocycles. The third-order valence-electron chi connectivity index (χ3n) is 4.08. The summed E-state index contributed by atoms with van der Waals surface area (Å²) in [6.07, 6.45) is 0. The molecule has 3 rings (SSSR count). The number of halogens is 1. The molecule has 134 valence electrons. The van der Waals surface area contributed by atoms with Crippen molar-refractivity contribution in [3.8, 4) is 0 Å². The topological polar surface area (TPSA) is 49.4 Å². The van der Waals surface area contributed by atoms with Crippen molar-refractivity contribution in [2.24, 2.45) is 0 Å². The predicted octanol–water partition coefficient (Wildman–Crippen LogP) is 4.70. The Morgan fingerprint density at radius 3 is 2.12 bits per heavy atom. The molecule has 0 saturated carbocycles. The molecule has 3 aromatic carbocycles. The molecule has 0 fully saturated rings. The summed E-state index contributed by atoms with van der Waals surface area (Å²) in [5.41, 5.74) is 2.76. The average Bonchev–Trinajstić information content (AvgIpc) is 2.62. The van der Waals surface area contributed by atoms with Crippen molar-refractivity contribution in [2.45, 2.75) is 11.8 Å². The fourth-order valence-electron chi connectivity index (χ4n) is 2.68. The first-order valence-electron chi connectivity index (χ1n) is 8.05. The third-order valence-corrected chi connectivity index (χ3v) is 5.62. The molecule has 0 bridgehead atoms. The summed E-state index contributed by atoms with van der Waals surface area (Å²) in [4.78, 5) is 2.06. The van der Waals surface area contributed by atoms with E-state index in [1.807, 2.05) is 54.4 Å². The zero-order valence-electron chi connectivity index (χ0n) is 14.5. The maximum Gasteiger partial charge on any atom is 0.262 e. The lowest BCUT2D eigenvalue weighted by atomic mass is 10.2. The molecule has 0 aliphatic rings. The minimum absolute atomic E-state index is 0.0596. The van der Waals surface area contributed by atoms with Crippen LogP contribution in [0, 0.1) is 12.7 Å². The average molecular weight is 370 g/mol. The van der Waals surface area contributed by atoms with Crippen LogP contribution in [0.5, 0.6) is 0 Å². The summed E-state index contributed by atoms with van der Waals surface area (Å²) in [7, 11) is -1.84. The molecular weight excluding hydrogens is 351 g/mol. The monoisotopic (exact) mass is 370 g/mol. The largest absolute Gasteiger partial charge is 0.345 e. The highest BCUT2D eigenvalue weighted by molar-refractivity contribution is 7.92. The zero-order chi connectivity index (χ0) is 18.7. The van der Waals surface area contributed by atoms with E-state index in [0.29, 0.717) is 11.3 Å². The van der Waals surface area contributed by atoms with Crippen molar-refractivity contribution in [1.82, 2.24) is 0 Å². The van der Waals surface area contributed by atoms with E-state index < -0.39 is 15.8 Å². The van der Waals surface area contributed by atoms with Crippen molar-refractivity contribution in [2.75, 3.05) is 16.7 Å². The van der Waals surface area contributed by atoms with Crippen molar-refractivity contribution >= 4 is 27.1 Å². The van der Waals surface area contributed by atoms with Gasteiger partial charge in [0.25, 0.3) is 10.0 Å². The molecule has 0 atom stereocenters. The zero-order valence-corrected chi connectivity index (χ0v) is 15.3. The number of aryl methyl sites for hydroxylation is 1. The van der Waals surface area contributed by atoms with E-state index in [1.54, 1.807) is 19.1 Å². The van der Waals surface area contributed by atoms with Crippen LogP contribution >= 0.6 is 0 Å². The molecule has 0 spiro atoms. The minimum Gasteiger partial charge on any atom is -0.345 e. The summed E-state index contributed by atoms with van der Waals surface area (Å²) in [5.74, 6) is -0.463. The highest BCUT2D eigenvalue weighted by Gasteiger charge is 2.17. The number of hydrogen-bond donors (Lipinski definition) is 1. The standard InChI is InChI=1S/C20H19FN2O2S/c1-15-14-16(21)8-13-20(15)26(24,25)22-17-9-11-19(12-10-17)23(2)18-6-4-3-5-7-18/h3-14,22H,1-2H3. The van der Waals surface area contributed by atoms with Crippen LogP contribution in [-0.4, -0.2) is 15.5 Å². The number of anilines is 3. The van der Waals surface area contributed by atoms with Crippen LogP contribution in [-0.2, 0) is 10.0 Å². The van der Waals surface area contributed by atoms with Crippen LogP contribution in [0.1, 0.15) is 5.56 Å². The number of nitrogens with zero attached hydrogens (tertiary/aromatic N) is 1. The van der Waals surface area contributed by atoms with Crippen molar-refractivity contribution in [1.29, 1.82) is 0 Å². The molecule has 0 heterocycles. The molecule has 0 radical (unpaired) electrons. The number of hydrogen-bond acceptors (Lipinski definition) is 3. The molecular formula is C20H19FN2O2S. The van der Waals surface area contributed by atoms with E-state index in [9.17, 15) is 12.8 Å². The smallest absolute Gasteiger partial charge is 0.262 e. The Labute approximate surface area is 153 Å². The minimum atomic E-state index is -3.78. The number of rotatable bonds is 5. The highest BCUT2D eigenvalue weighted by Crippen LogP contribution is 2.26. The second kappa shape index (κ2) is 7.17. The lowest BCUT2D eigenvalue weighted by Gasteiger charge is -2.20. The van der Waals surface area contributed by atoms with E-state index in [2.05, 4.69) is 4.72 Å². The number of benzene rings is 3. The molecule has 0 saturated heterocycles. The number of nitrogens with one attached hydrogen (secondary N) is 1. The van der Waals surface area contributed by atoms with Gasteiger partial charge in [-0.05, 0) is 67.1 Å². The maximum absolute atomic E-state index is 13.2. The van der Waals surface area contributed by atoms with Gasteiger partial charge in [-0.25, -0.2) is 12.8 Å². The quantitative estimate of drug-likeness (QED) is 0.708. The Balaban J connectivity index is 1.81. The first kappa shape index (κ1) is 17.9. The van der Waals surface area contributed by atoms with Gasteiger partial charge in [-0.15, -0.1) is 0 Å². The first-order valence-corrected chi connectivity index (χ1v) is 9.53. The van der Waals surface area contributed by atoms with E-state index in [1.165, 1.54) is 12.1 Å². The second-order valence-electron chi connectivity index (χ2n) is 5.96. The van der Waals surface area contributed by atoms with E-state index >= 15 is 0 Å². The van der Waals surface area contributed by atoms with Gasteiger partial charge in [0.1, 0.15) is 5.82 Å². The summed E-state index contributed by atoms with van der Waals surface area (Å²) in [6.45, 7) is 1.57. The lowest BCUT2D eigenvalue weighted by Crippen LogP contribution is -2.14. The fourth-order valence-corrected chi connectivity index (χ4v) is 3.96. The Morgan fingerprint density at radius 2 is 1.50 bits per heavy atom. The molecule has 0 aliphatic carbocycles. The molecule has 0 unspecified atom stereocenters. The molecule has 4 nitrogen and oxygen atoms in total. The van der Waals surface area contributed by atoms with Gasteiger partial charge in [-0.2, -0.15) is 0 Å². The third kappa shape index (κ3) is 3.86. The Morgan fingerprint density at radius 1 is 0.885 bits per heavy atom. The van der Waals surface area contributed by atoms with Gasteiger partial charge in [-0.3, -0.25) is 4.72 Å². The summed E-state index contributed by atoms with van der Waals surface area (Å²) in [5, 5.41) is 0. The van der Waals surface area contributed by atoms with Gasteiger partial charge in [0, 0.05) is 24.1 Å². The van der Waals surface area contributed by atoms with Crippen LogP contribution in [0.15, 0.2) is 77.7 Å². The number of sulfonamides is 1. The van der Waals surface area contributed by atoms with Crippen LogP contribution < -0.4 is 9.62 Å². The fraction of sp³-hybridized carbons (Fsp3) is 0.100. The Bertz CT molecular complexity index is 1000. The lowest BCUT2D eigenvalue weighted by molar-refractivity contribution is 0.598. The maximum atomic E-state index is 13.2. The Hall–Kier alpha value is -2.86. The molecule has 3 aromatic rings. The van der Waals surface area contributed by atoms with E-state index in [0.717, 1.165) is 17.4 Å². The van der Waals surface area contributed by atoms with Crippen molar-refractivity contribution in [3.63, 3.8) is 0 Å². The van der Waals surface area contributed by atoms with E-state index in [-0.39, 0.29) is 4.90 Å². The van der Waals surface area contributed by atoms with Gasteiger partial charge in [0.05, 0.1) is 4.90 Å². The summed E-state index contributed by atoms with van der Waals surface area (Å²) in [6, 6.07) is 20.5. The Kier molecular flexibility index (Phi) is 4.95. The van der Waals surface area contributed by atoms with Crippen LogP contribution in [0.25, 0.3) is 0 Å². The second-order valence-corrected chi connectivity index (χ2v) is 7.61. The number of para-hydroxylation sites is 1. The van der Waals surface area contributed by atoms with Gasteiger partial charge in [-0.1, -0.05) is 18.2 Å². The van der Waals surface area contributed by atoms with Gasteiger partial charge in [0.2, 0.25) is 0 Å². The van der Waals surface area contributed by atoms with Gasteiger partial charge < -0.3 is 4.90 Å². The van der Waals surface area contributed by atoms with Crippen molar-refractivity contribution in [3.05, 3.63) is 84.2 Å². The molecule has 0 amide bonds. The van der Waals surface area contributed by atoms with Crippen LogP contribution in [0.4, 0.5) is 21.5 Å². The highest BCUT2D eigenvalue weighted by atomic mass is 32.2. The molecule has 6 heteroatoms. The molecule has 1 N–H and O–H groups in total. The van der Waals surface area contributed by atoms with Gasteiger partial charge >= 0.3 is 0 Å². The van der Waals surface area contributed by atoms with Crippen LogP contribution in [0.2, 0.25) is 0 Å². The van der Waals surface area contributed by atoms with Crippen LogP contribution in [0.3, 0.4) is 0 Å². The molecule has 0 aliphatic heterocycles. The molecule has 26 heavy (non-hydrogen) atoms. The first-order chi connectivity index (χ1) is 12.4. The van der Waals surface area contributed by atoms with E-state index in [4.69, 9.17) is 0 Å². The summed E-state index contributed by atoms with van der Waals surface area (Å²) >= 11 is 0. The summed E-state index contributed by atoms with van der Waals surface area (Å²) < 4.78 is 40.8. The predicted molar refractivity (Wildman–Crippen MR) is 103 cm³/mol. The normalized spacial score (nSPS) is 11.2. The SMILES string of the molecule is Cc1cc(F)ccc1S(=O)(=O)Nc1ccc(N(C)c2ccccc2)cc1.